The Kier molecular flexibility index (Phi) is 6.27. The van der Waals surface area contributed by atoms with Gasteiger partial charge in [0.15, 0.2) is 0 Å². The SMILES string of the molecule is CC(C)(C)NCC(OCC1CCCC1)c1ccc(Br)cc1. The third kappa shape index (κ3) is 6.09. The minimum absolute atomic E-state index is 0.115. The first-order valence-electron chi connectivity index (χ1n) is 8.06. The molecule has 1 aliphatic carbocycles. The van der Waals surface area contributed by atoms with Crippen LogP contribution in [0.5, 0.6) is 0 Å². The van der Waals surface area contributed by atoms with E-state index in [1.807, 2.05) is 0 Å². The number of hydrogen-bond donors (Lipinski definition) is 1. The zero-order valence-electron chi connectivity index (χ0n) is 13.5. The molecule has 1 saturated carbocycles. The van der Waals surface area contributed by atoms with Gasteiger partial charge in [0.25, 0.3) is 0 Å². The second-order valence-electron chi connectivity index (χ2n) is 7.15. The summed E-state index contributed by atoms with van der Waals surface area (Å²) in [4.78, 5) is 0. The number of ether oxygens (including phenoxy) is 1. The highest BCUT2D eigenvalue weighted by Crippen LogP contribution is 2.27. The summed E-state index contributed by atoms with van der Waals surface area (Å²) < 4.78 is 7.38. The van der Waals surface area contributed by atoms with Crippen LogP contribution in [0.1, 0.15) is 58.1 Å². The van der Waals surface area contributed by atoms with E-state index in [1.54, 1.807) is 0 Å². The Morgan fingerprint density at radius 2 is 1.81 bits per heavy atom. The number of nitrogens with one attached hydrogen (secondary N) is 1. The van der Waals surface area contributed by atoms with Crippen molar-refractivity contribution in [1.82, 2.24) is 5.32 Å². The minimum Gasteiger partial charge on any atom is -0.372 e. The number of rotatable bonds is 6. The maximum Gasteiger partial charge on any atom is 0.0949 e. The summed E-state index contributed by atoms with van der Waals surface area (Å²) in [6.45, 7) is 8.35. The number of halogens is 1. The van der Waals surface area contributed by atoms with Gasteiger partial charge in [-0.15, -0.1) is 0 Å². The first-order valence-corrected chi connectivity index (χ1v) is 8.85. The second kappa shape index (κ2) is 7.75. The Bertz CT molecular complexity index is 418. The molecule has 1 N–H and O–H groups in total. The summed E-state index contributed by atoms with van der Waals surface area (Å²) >= 11 is 3.50. The Balaban J connectivity index is 1.96. The van der Waals surface area contributed by atoms with Crippen LogP contribution < -0.4 is 5.32 Å². The monoisotopic (exact) mass is 353 g/mol. The van der Waals surface area contributed by atoms with E-state index in [4.69, 9.17) is 4.74 Å². The molecule has 0 bridgehead atoms. The Morgan fingerprint density at radius 3 is 2.38 bits per heavy atom. The average Bonchev–Trinajstić information content (AvgIpc) is 2.92. The summed E-state index contributed by atoms with van der Waals surface area (Å²) in [6.07, 6.45) is 5.55. The molecule has 0 aliphatic heterocycles. The van der Waals surface area contributed by atoms with Crippen LogP contribution in [0.3, 0.4) is 0 Å². The maximum atomic E-state index is 6.27. The van der Waals surface area contributed by atoms with Gasteiger partial charge in [0.2, 0.25) is 0 Å². The highest BCUT2D eigenvalue weighted by atomic mass is 79.9. The maximum absolute atomic E-state index is 6.27. The molecule has 118 valence electrons. The van der Waals surface area contributed by atoms with Crippen LogP contribution in [0.15, 0.2) is 28.7 Å². The Labute approximate surface area is 137 Å². The molecule has 0 saturated heterocycles. The standard InChI is InChI=1S/C18H28BrNO/c1-18(2,3)20-12-17(15-8-10-16(19)11-9-15)21-13-14-6-4-5-7-14/h8-11,14,17,20H,4-7,12-13H2,1-3H3. The molecule has 0 spiro atoms. The lowest BCUT2D eigenvalue weighted by atomic mass is 10.1. The summed E-state index contributed by atoms with van der Waals surface area (Å²) in [5.41, 5.74) is 1.37. The van der Waals surface area contributed by atoms with Gasteiger partial charge < -0.3 is 10.1 Å². The molecule has 1 fully saturated rings. The smallest absolute Gasteiger partial charge is 0.0949 e. The molecule has 0 amide bonds. The van der Waals surface area contributed by atoms with Crippen LogP contribution in [0.25, 0.3) is 0 Å². The first-order chi connectivity index (χ1) is 9.94. The van der Waals surface area contributed by atoms with E-state index in [0.29, 0.717) is 0 Å². The second-order valence-corrected chi connectivity index (χ2v) is 8.07. The predicted octanol–water partition coefficient (Wildman–Crippen LogP) is 5.09. The Morgan fingerprint density at radius 1 is 1.19 bits per heavy atom. The topological polar surface area (TPSA) is 21.3 Å². The zero-order valence-corrected chi connectivity index (χ0v) is 15.1. The van der Waals surface area contributed by atoms with Crippen molar-refractivity contribution in [2.45, 2.75) is 58.1 Å². The lowest BCUT2D eigenvalue weighted by molar-refractivity contribution is 0.0260. The van der Waals surface area contributed by atoms with Crippen molar-refractivity contribution in [3.63, 3.8) is 0 Å². The van der Waals surface area contributed by atoms with E-state index in [0.717, 1.165) is 23.5 Å². The van der Waals surface area contributed by atoms with Crippen molar-refractivity contribution >= 4 is 15.9 Å². The van der Waals surface area contributed by atoms with E-state index in [1.165, 1.54) is 31.2 Å². The molecule has 2 rings (SSSR count). The molecule has 1 aromatic carbocycles. The molecular formula is C18H28BrNO. The van der Waals surface area contributed by atoms with Crippen molar-refractivity contribution in [1.29, 1.82) is 0 Å². The lowest BCUT2D eigenvalue weighted by Crippen LogP contribution is -2.39. The van der Waals surface area contributed by atoms with Gasteiger partial charge in [-0.05, 0) is 57.2 Å². The van der Waals surface area contributed by atoms with Gasteiger partial charge in [0.1, 0.15) is 0 Å². The molecule has 0 radical (unpaired) electrons. The average molecular weight is 354 g/mol. The van der Waals surface area contributed by atoms with Crippen molar-refractivity contribution < 1.29 is 4.74 Å². The molecule has 0 heterocycles. The van der Waals surface area contributed by atoms with Crippen LogP contribution in [-0.2, 0) is 4.74 Å². The summed E-state index contributed by atoms with van der Waals surface area (Å²) in [5, 5.41) is 3.57. The van der Waals surface area contributed by atoms with Gasteiger partial charge in [-0.3, -0.25) is 0 Å². The van der Waals surface area contributed by atoms with E-state index in [2.05, 4.69) is 66.3 Å². The fraction of sp³-hybridized carbons (Fsp3) is 0.667. The molecule has 1 aliphatic rings. The van der Waals surface area contributed by atoms with Crippen molar-refractivity contribution in [2.75, 3.05) is 13.2 Å². The summed E-state index contributed by atoms with van der Waals surface area (Å²) in [7, 11) is 0. The van der Waals surface area contributed by atoms with Crippen molar-refractivity contribution in [3.8, 4) is 0 Å². The van der Waals surface area contributed by atoms with Gasteiger partial charge in [0, 0.05) is 16.6 Å². The lowest BCUT2D eigenvalue weighted by Gasteiger charge is -2.26. The van der Waals surface area contributed by atoms with E-state index in [9.17, 15) is 0 Å². The van der Waals surface area contributed by atoms with Gasteiger partial charge >= 0.3 is 0 Å². The highest BCUT2D eigenvalue weighted by Gasteiger charge is 2.20. The molecule has 3 heteroatoms. The number of benzene rings is 1. The minimum atomic E-state index is 0.115. The summed E-state index contributed by atoms with van der Waals surface area (Å²) in [5.74, 6) is 0.762. The predicted molar refractivity (Wildman–Crippen MR) is 92.5 cm³/mol. The van der Waals surface area contributed by atoms with Gasteiger partial charge in [-0.25, -0.2) is 0 Å². The fourth-order valence-corrected chi connectivity index (χ4v) is 3.04. The van der Waals surface area contributed by atoms with Crippen LogP contribution >= 0.6 is 15.9 Å². The summed E-state index contributed by atoms with van der Waals surface area (Å²) in [6, 6.07) is 8.51. The molecule has 1 atom stereocenters. The fourth-order valence-electron chi connectivity index (χ4n) is 2.78. The van der Waals surface area contributed by atoms with Crippen LogP contribution in [0, 0.1) is 5.92 Å². The largest absolute Gasteiger partial charge is 0.372 e. The van der Waals surface area contributed by atoms with Gasteiger partial charge in [-0.1, -0.05) is 40.9 Å². The third-order valence-corrected chi connectivity index (χ3v) is 4.60. The van der Waals surface area contributed by atoms with E-state index < -0.39 is 0 Å². The van der Waals surface area contributed by atoms with Crippen LogP contribution in [-0.4, -0.2) is 18.7 Å². The zero-order chi connectivity index (χ0) is 15.3. The molecule has 2 nitrogen and oxygen atoms in total. The van der Waals surface area contributed by atoms with Gasteiger partial charge in [-0.2, -0.15) is 0 Å². The van der Waals surface area contributed by atoms with E-state index in [-0.39, 0.29) is 11.6 Å². The Hall–Kier alpha value is -0.380. The van der Waals surface area contributed by atoms with E-state index >= 15 is 0 Å². The molecular weight excluding hydrogens is 326 g/mol. The molecule has 0 aromatic heterocycles. The first kappa shape index (κ1) is 17.0. The van der Waals surface area contributed by atoms with Crippen molar-refractivity contribution in [2.24, 2.45) is 5.92 Å². The number of hydrogen-bond acceptors (Lipinski definition) is 2. The van der Waals surface area contributed by atoms with Crippen LogP contribution in [0.4, 0.5) is 0 Å². The molecule has 1 unspecified atom stereocenters. The third-order valence-electron chi connectivity index (χ3n) is 4.07. The normalized spacial score (nSPS) is 18.1. The molecule has 1 aromatic rings. The van der Waals surface area contributed by atoms with Crippen LogP contribution in [0.2, 0.25) is 0 Å². The van der Waals surface area contributed by atoms with Gasteiger partial charge in [0.05, 0.1) is 12.7 Å². The molecule has 21 heavy (non-hydrogen) atoms. The quantitative estimate of drug-likeness (QED) is 0.769. The van der Waals surface area contributed by atoms with Crippen molar-refractivity contribution in [3.05, 3.63) is 34.3 Å². The highest BCUT2D eigenvalue weighted by molar-refractivity contribution is 9.10.